The van der Waals surface area contributed by atoms with Gasteiger partial charge in [0, 0.05) is 12.5 Å². The lowest BCUT2D eigenvalue weighted by Crippen LogP contribution is -2.39. The van der Waals surface area contributed by atoms with Gasteiger partial charge < -0.3 is 14.6 Å². The molecule has 0 amide bonds. The Balaban J connectivity index is 2.16. The van der Waals surface area contributed by atoms with Gasteiger partial charge >= 0.3 is 0 Å². The van der Waals surface area contributed by atoms with Gasteiger partial charge in [0.2, 0.25) is 0 Å². The molecule has 1 heterocycles. The molecule has 1 unspecified atom stereocenters. The van der Waals surface area contributed by atoms with Gasteiger partial charge in [0.15, 0.2) is 5.79 Å². The molecule has 0 spiro atoms. The minimum absolute atomic E-state index is 0.0234. The van der Waals surface area contributed by atoms with Gasteiger partial charge in [-0.25, -0.2) is 0 Å². The van der Waals surface area contributed by atoms with Crippen LogP contribution in [0, 0.1) is 17.3 Å². The van der Waals surface area contributed by atoms with Crippen LogP contribution < -0.4 is 0 Å². The van der Waals surface area contributed by atoms with E-state index in [-0.39, 0.29) is 17.9 Å². The molecule has 0 aromatic heterocycles. The van der Waals surface area contributed by atoms with E-state index in [9.17, 15) is 5.11 Å². The summed E-state index contributed by atoms with van der Waals surface area (Å²) in [6.07, 6.45) is 6.19. The number of allylic oxidation sites excluding steroid dienone is 2. The fourth-order valence-corrected chi connectivity index (χ4v) is 3.28. The molecule has 1 aliphatic carbocycles. The summed E-state index contributed by atoms with van der Waals surface area (Å²) in [5.74, 6) is -0.00315. The van der Waals surface area contributed by atoms with Crippen LogP contribution in [0.3, 0.4) is 0 Å². The monoisotopic (exact) mass is 266 g/mol. The number of aliphatic hydroxyl groups is 1. The molecule has 3 nitrogen and oxygen atoms in total. The summed E-state index contributed by atoms with van der Waals surface area (Å²) < 4.78 is 11.2. The number of hydrogen-bond acceptors (Lipinski definition) is 3. The van der Waals surface area contributed by atoms with E-state index in [1.54, 1.807) is 0 Å². The van der Waals surface area contributed by atoms with Gasteiger partial charge in [-0.1, -0.05) is 32.1 Å². The molecule has 1 N–H and O–H groups in total. The first-order valence-electron chi connectivity index (χ1n) is 7.15. The van der Waals surface area contributed by atoms with E-state index in [0.29, 0.717) is 19.1 Å². The maximum Gasteiger partial charge on any atom is 0.185 e. The standard InChI is InChI=1S/C16H26O3/c1-12-5-6-13(11-17)15(2,3)14(12)7-8-16(4)18-9-10-19-16/h7-8,13-14,17H,1,5-6,9-11H2,2-4H3/b8-7+/t13-,14?/m1/s1. The molecule has 0 aromatic carbocycles. The fourth-order valence-electron chi connectivity index (χ4n) is 3.28. The summed E-state index contributed by atoms with van der Waals surface area (Å²) in [6, 6.07) is 0. The van der Waals surface area contributed by atoms with Gasteiger partial charge in [0.1, 0.15) is 0 Å². The number of aliphatic hydroxyl groups excluding tert-OH is 1. The Hall–Kier alpha value is -0.640. The zero-order chi connectivity index (χ0) is 14.1. The minimum Gasteiger partial charge on any atom is -0.396 e. The van der Waals surface area contributed by atoms with E-state index in [1.165, 1.54) is 5.57 Å². The summed E-state index contributed by atoms with van der Waals surface area (Å²) in [5, 5.41) is 9.56. The SMILES string of the molecule is C=C1CC[C@H](CO)C(C)(C)C1/C=C/C1(C)OCCO1. The van der Waals surface area contributed by atoms with E-state index >= 15 is 0 Å². The number of ether oxygens (including phenoxy) is 2. The lowest BCUT2D eigenvalue weighted by Gasteiger charge is -2.45. The molecular formula is C16H26O3. The predicted octanol–water partition coefficient (Wildman–Crippen LogP) is 2.91. The summed E-state index contributed by atoms with van der Waals surface area (Å²) in [4.78, 5) is 0. The first-order chi connectivity index (χ1) is 8.89. The quantitative estimate of drug-likeness (QED) is 0.798. The first kappa shape index (κ1) is 14.8. The fraction of sp³-hybridized carbons (Fsp3) is 0.750. The predicted molar refractivity (Wildman–Crippen MR) is 75.7 cm³/mol. The second-order valence-electron chi connectivity index (χ2n) is 6.45. The van der Waals surface area contributed by atoms with Gasteiger partial charge in [0.05, 0.1) is 13.2 Å². The van der Waals surface area contributed by atoms with Crippen LogP contribution in [0.1, 0.15) is 33.6 Å². The van der Waals surface area contributed by atoms with Crippen LogP contribution in [0.2, 0.25) is 0 Å². The maximum atomic E-state index is 9.56. The van der Waals surface area contributed by atoms with Crippen molar-refractivity contribution in [3.05, 3.63) is 24.3 Å². The van der Waals surface area contributed by atoms with Crippen LogP contribution in [0.4, 0.5) is 0 Å². The van der Waals surface area contributed by atoms with Crippen LogP contribution in [0.25, 0.3) is 0 Å². The van der Waals surface area contributed by atoms with Crippen LogP contribution in [0.15, 0.2) is 24.3 Å². The third-order valence-corrected chi connectivity index (χ3v) is 4.78. The van der Waals surface area contributed by atoms with Crippen molar-refractivity contribution in [2.24, 2.45) is 17.3 Å². The molecule has 0 bridgehead atoms. The van der Waals surface area contributed by atoms with E-state index in [4.69, 9.17) is 9.47 Å². The minimum atomic E-state index is -0.595. The van der Waals surface area contributed by atoms with Gasteiger partial charge in [-0.2, -0.15) is 0 Å². The topological polar surface area (TPSA) is 38.7 Å². The Morgan fingerprint density at radius 2 is 1.95 bits per heavy atom. The average Bonchev–Trinajstić information content (AvgIpc) is 2.75. The molecule has 1 saturated carbocycles. The Labute approximate surface area is 116 Å². The Bertz CT molecular complexity index is 364. The third kappa shape index (κ3) is 2.93. The highest BCUT2D eigenvalue weighted by molar-refractivity contribution is 5.19. The van der Waals surface area contributed by atoms with Crippen LogP contribution in [-0.2, 0) is 9.47 Å². The summed E-state index contributed by atoms with van der Waals surface area (Å²) >= 11 is 0. The van der Waals surface area contributed by atoms with Crippen molar-refractivity contribution in [2.75, 3.05) is 19.8 Å². The van der Waals surface area contributed by atoms with Crippen molar-refractivity contribution in [2.45, 2.75) is 39.4 Å². The van der Waals surface area contributed by atoms with Crippen molar-refractivity contribution in [1.29, 1.82) is 0 Å². The Morgan fingerprint density at radius 3 is 2.53 bits per heavy atom. The van der Waals surface area contributed by atoms with Crippen LogP contribution in [-0.4, -0.2) is 30.7 Å². The molecule has 3 heteroatoms. The largest absolute Gasteiger partial charge is 0.396 e. The highest BCUT2D eigenvalue weighted by atomic mass is 16.7. The van der Waals surface area contributed by atoms with Crippen molar-refractivity contribution in [3.8, 4) is 0 Å². The smallest absolute Gasteiger partial charge is 0.185 e. The Morgan fingerprint density at radius 1 is 1.32 bits per heavy atom. The van der Waals surface area contributed by atoms with Crippen molar-refractivity contribution < 1.29 is 14.6 Å². The van der Waals surface area contributed by atoms with E-state index in [1.807, 2.05) is 13.0 Å². The number of rotatable bonds is 3. The highest BCUT2D eigenvalue weighted by Crippen LogP contribution is 2.47. The second kappa shape index (κ2) is 5.39. The Kier molecular flexibility index (Phi) is 4.19. The van der Waals surface area contributed by atoms with Gasteiger partial charge in [-0.15, -0.1) is 0 Å². The highest BCUT2D eigenvalue weighted by Gasteiger charge is 2.41. The second-order valence-corrected chi connectivity index (χ2v) is 6.45. The van der Waals surface area contributed by atoms with Crippen molar-refractivity contribution in [3.63, 3.8) is 0 Å². The van der Waals surface area contributed by atoms with Gasteiger partial charge in [0.25, 0.3) is 0 Å². The molecule has 0 aromatic rings. The molecule has 0 radical (unpaired) electrons. The average molecular weight is 266 g/mol. The molecule has 2 fully saturated rings. The molecule has 108 valence electrons. The molecular weight excluding hydrogens is 240 g/mol. The summed E-state index contributed by atoms with van der Waals surface area (Å²) in [6.45, 7) is 12.1. The van der Waals surface area contributed by atoms with Crippen LogP contribution in [0.5, 0.6) is 0 Å². The summed E-state index contributed by atoms with van der Waals surface area (Å²) in [5.41, 5.74) is 1.27. The summed E-state index contributed by atoms with van der Waals surface area (Å²) in [7, 11) is 0. The van der Waals surface area contributed by atoms with E-state index in [2.05, 4.69) is 26.5 Å². The molecule has 1 saturated heterocycles. The van der Waals surface area contributed by atoms with Gasteiger partial charge in [-0.05, 0) is 37.2 Å². The van der Waals surface area contributed by atoms with Gasteiger partial charge in [-0.3, -0.25) is 0 Å². The zero-order valence-corrected chi connectivity index (χ0v) is 12.3. The molecule has 19 heavy (non-hydrogen) atoms. The lowest BCUT2D eigenvalue weighted by atomic mass is 9.60. The van der Waals surface area contributed by atoms with Crippen LogP contribution >= 0.6 is 0 Å². The van der Waals surface area contributed by atoms with Crippen molar-refractivity contribution >= 4 is 0 Å². The first-order valence-corrected chi connectivity index (χ1v) is 7.15. The molecule has 1 aliphatic heterocycles. The zero-order valence-electron chi connectivity index (χ0n) is 12.3. The maximum absolute atomic E-state index is 9.56. The normalized spacial score (nSPS) is 34.0. The number of hydrogen-bond donors (Lipinski definition) is 1. The van der Waals surface area contributed by atoms with E-state index < -0.39 is 5.79 Å². The third-order valence-electron chi connectivity index (χ3n) is 4.78. The molecule has 2 rings (SSSR count). The van der Waals surface area contributed by atoms with Crippen molar-refractivity contribution in [1.82, 2.24) is 0 Å². The van der Waals surface area contributed by atoms with E-state index in [0.717, 1.165) is 12.8 Å². The molecule has 2 atom stereocenters. The lowest BCUT2D eigenvalue weighted by molar-refractivity contribution is -0.100. The molecule has 2 aliphatic rings.